The molecule has 372 valence electrons. The van der Waals surface area contributed by atoms with Gasteiger partial charge in [-0.1, -0.05) is 170 Å². The van der Waals surface area contributed by atoms with E-state index in [1.165, 1.54) is 120 Å². The zero-order valence-electron chi connectivity index (χ0n) is 43.2. The first-order chi connectivity index (χ1) is 39.7. The van der Waals surface area contributed by atoms with Crippen LogP contribution in [-0.4, -0.2) is 27.4 Å². The van der Waals surface area contributed by atoms with Gasteiger partial charge in [0.25, 0.3) is 0 Å². The van der Waals surface area contributed by atoms with Gasteiger partial charge in [0.05, 0.1) is 66.2 Å². The molecule has 0 fully saturated rings. The molecule has 18 rings (SSSR count). The maximum atomic E-state index is 2.50. The van der Waals surface area contributed by atoms with E-state index in [1.54, 1.807) is 0 Å². The van der Waals surface area contributed by atoms with Gasteiger partial charge < -0.3 is 27.4 Å². The van der Waals surface area contributed by atoms with Crippen molar-refractivity contribution in [2.45, 2.75) is 0 Å². The summed E-state index contributed by atoms with van der Waals surface area (Å²) in [6.07, 6.45) is 0. The fourth-order valence-corrected chi connectivity index (χ4v) is 13.9. The molecule has 0 spiro atoms. The molecule has 0 radical (unpaired) electrons. The van der Waals surface area contributed by atoms with E-state index in [4.69, 9.17) is 0 Å². The standard InChI is InChI=1S/C74H46N6/c1-9-31-63-55(23-1)56-24-2-10-32-64(56)75(63)49-19-17-21-51(45-49)77-67-35-13-5-27-59(67)73-71(77)61-29-7-15-37-69(61)79(73)53-41-39-47-40-42-54(44-48(47)43-53)80-70-38-16-8-30-62(70)72-74(80)60-28-6-14-36-68(60)78(72)52-22-18-20-50(46-52)76-65-33-11-3-25-57(65)58-26-4-12-34-66(58)76/h1-46H. The number of hydrogen-bond donors (Lipinski definition) is 0. The number of rotatable bonds is 6. The van der Waals surface area contributed by atoms with Crippen LogP contribution < -0.4 is 0 Å². The van der Waals surface area contributed by atoms with Crippen LogP contribution in [0.2, 0.25) is 0 Å². The molecule has 12 aromatic carbocycles. The minimum absolute atomic E-state index is 1.11. The summed E-state index contributed by atoms with van der Waals surface area (Å²) in [5.41, 5.74) is 20.9. The molecule has 6 aromatic heterocycles. The molecule has 0 aliphatic heterocycles. The molecule has 0 saturated carbocycles. The van der Waals surface area contributed by atoms with E-state index in [0.717, 1.165) is 34.1 Å². The Morgan fingerprint density at radius 3 is 0.662 bits per heavy atom. The summed E-state index contributed by atoms with van der Waals surface area (Å²) in [7, 11) is 0. The van der Waals surface area contributed by atoms with E-state index >= 15 is 0 Å². The van der Waals surface area contributed by atoms with Crippen LogP contribution in [0.1, 0.15) is 0 Å². The third kappa shape index (κ3) is 5.91. The monoisotopic (exact) mass is 1020 g/mol. The van der Waals surface area contributed by atoms with Crippen LogP contribution in [0, 0.1) is 0 Å². The maximum Gasteiger partial charge on any atom is 0.0803 e. The van der Waals surface area contributed by atoms with Crippen LogP contribution in [0.5, 0.6) is 0 Å². The van der Waals surface area contributed by atoms with Crippen molar-refractivity contribution < 1.29 is 0 Å². The molecule has 0 aliphatic rings. The van der Waals surface area contributed by atoms with Crippen molar-refractivity contribution >= 4 is 120 Å². The Hall–Kier alpha value is -10.8. The highest BCUT2D eigenvalue weighted by molar-refractivity contribution is 6.22. The van der Waals surface area contributed by atoms with Gasteiger partial charge in [0.15, 0.2) is 0 Å². The van der Waals surface area contributed by atoms with E-state index in [-0.39, 0.29) is 0 Å². The van der Waals surface area contributed by atoms with Crippen molar-refractivity contribution in [3.8, 4) is 34.1 Å². The molecule has 0 saturated heterocycles. The van der Waals surface area contributed by atoms with Crippen molar-refractivity contribution in [1.82, 2.24) is 27.4 Å². The Labute approximate surface area is 458 Å². The molecular formula is C74H46N6. The Kier molecular flexibility index (Phi) is 8.85. The molecule has 6 nitrogen and oxygen atoms in total. The number of hydrogen-bond acceptors (Lipinski definition) is 0. The molecule has 6 heterocycles. The molecule has 6 heteroatoms. The molecule has 18 aromatic rings. The summed E-state index contributed by atoms with van der Waals surface area (Å²) in [4.78, 5) is 0. The normalized spacial score (nSPS) is 12.2. The van der Waals surface area contributed by atoms with Crippen molar-refractivity contribution in [3.05, 3.63) is 279 Å². The molecule has 0 unspecified atom stereocenters. The van der Waals surface area contributed by atoms with Crippen LogP contribution in [0.3, 0.4) is 0 Å². The van der Waals surface area contributed by atoms with E-state index in [9.17, 15) is 0 Å². The summed E-state index contributed by atoms with van der Waals surface area (Å²) >= 11 is 0. The summed E-state index contributed by atoms with van der Waals surface area (Å²) in [6.45, 7) is 0. The Balaban J connectivity index is 0.825. The Morgan fingerprint density at radius 2 is 0.375 bits per heavy atom. The largest absolute Gasteiger partial charge is 0.309 e. The maximum absolute atomic E-state index is 2.50. The molecule has 0 bridgehead atoms. The lowest BCUT2D eigenvalue weighted by atomic mass is 10.1. The third-order valence-corrected chi connectivity index (χ3v) is 17.1. The predicted molar refractivity (Wildman–Crippen MR) is 335 cm³/mol. The van der Waals surface area contributed by atoms with E-state index in [1.807, 2.05) is 0 Å². The number of para-hydroxylation sites is 8. The Morgan fingerprint density at radius 1 is 0.150 bits per heavy atom. The third-order valence-electron chi connectivity index (χ3n) is 17.1. The smallest absolute Gasteiger partial charge is 0.0803 e. The van der Waals surface area contributed by atoms with E-state index in [0.29, 0.717) is 0 Å². The summed E-state index contributed by atoms with van der Waals surface area (Å²) in [5, 5.41) is 12.2. The van der Waals surface area contributed by atoms with Crippen LogP contribution in [0.15, 0.2) is 279 Å². The van der Waals surface area contributed by atoms with Gasteiger partial charge in [0.2, 0.25) is 0 Å². The van der Waals surface area contributed by atoms with Gasteiger partial charge in [0, 0.05) is 77.2 Å². The van der Waals surface area contributed by atoms with Gasteiger partial charge in [-0.25, -0.2) is 0 Å². The van der Waals surface area contributed by atoms with Gasteiger partial charge in [-0.3, -0.25) is 0 Å². The lowest BCUT2D eigenvalue weighted by molar-refractivity contribution is 1.14. The van der Waals surface area contributed by atoms with Crippen molar-refractivity contribution in [1.29, 1.82) is 0 Å². The molecule has 0 amide bonds. The highest BCUT2D eigenvalue weighted by Crippen LogP contribution is 2.45. The van der Waals surface area contributed by atoms with Crippen LogP contribution in [-0.2, 0) is 0 Å². The van der Waals surface area contributed by atoms with E-state index in [2.05, 4.69) is 306 Å². The van der Waals surface area contributed by atoms with Gasteiger partial charge in [-0.05, 0) is 120 Å². The van der Waals surface area contributed by atoms with Crippen LogP contribution >= 0.6 is 0 Å². The topological polar surface area (TPSA) is 29.6 Å². The predicted octanol–water partition coefficient (Wildman–Crippen LogP) is 19.1. The first kappa shape index (κ1) is 43.3. The molecular weight excluding hydrogens is 973 g/mol. The number of nitrogens with zero attached hydrogens (tertiary/aromatic N) is 6. The first-order valence-electron chi connectivity index (χ1n) is 27.5. The Bertz CT molecular complexity index is 5170. The average molecular weight is 1020 g/mol. The molecule has 0 atom stereocenters. The quantitative estimate of drug-likeness (QED) is 0.159. The lowest BCUT2D eigenvalue weighted by Gasteiger charge is -2.13. The minimum atomic E-state index is 1.11. The van der Waals surface area contributed by atoms with E-state index < -0.39 is 0 Å². The van der Waals surface area contributed by atoms with Crippen molar-refractivity contribution in [2.24, 2.45) is 0 Å². The van der Waals surface area contributed by atoms with Gasteiger partial charge in [-0.15, -0.1) is 0 Å². The molecule has 80 heavy (non-hydrogen) atoms. The fraction of sp³-hybridized carbons (Fsp3) is 0. The second-order valence-electron chi connectivity index (χ2n) is 21.3. The van der Waals surface area contributed by atoms with Crippen molar-refractivity contribution in [2.75, 3.05) is 0 Å². The molecule has 0 aliphatic carbocycles. The zero-order valence-corrected chi connectivity index (χ0v) is 43.2. The number of benzene rings is 12. The number of aromatic nitrogens is 6. The fourth-order valence-electron chi connectivity index (χ4n) is 13.9. The van der Waals surface area contributed by atoms with Crippen molar-refractivity contribution in [3.63, 3.8) is 0 Å². The van der Waals surface area contributed by atoms with Gasteiger partial charge >= 0.3 is 0 Å². The zero-order chi connectivity index (χ0) is 52.2. The highest BCUT2D eigenvalue weighted by Gasteiger charge is 2.25. The summed E-state index contributed by atoms with van der Waals surface area (Å²) in [5.74, 6) is 0. The SMILES string of the molecule is c1cc(-n2c3ccccc3c3ccccc32)cc(-n2c3ccccc3c3c2c2ccccc2n3-c2ccc3ccc(-n4c5ccccc5c5c4c4ccccc4n5-c4cccc(-n5c6ccccc6c6ccccc65)c4)cc3c2)c1. The second-order valence-corrected chi connectivity index (χ2v) is 21.3. The second kappa shape index (κ2) is 16.4. The summed E-state index contributed by atoms with van der Waals surface area (Å²) < 4.78 is 14.8. The highest BCUT2D eigenvalue weighted by atomic mass is 15.1. The van der Waals surface area contributed by atoms with Gasteiger partial charge in [-0.2, -0.15) is 0 Å². The number of fused-ring (bicyclic) bond motifs is 17. The van der Waals surface area contributed by atoms with Crippen LogP contribution in [0.25, 0.3) is 154 Å². The average Bonchev–Trinajstić information content (AvgIpc) is 4.39. The van der Waals surface area contributed by atoms with Gasteiger partial charge in [0.1, 0.15) is 0 Å². The molecule has 0 N–H and O–H groups in total. The lowest BCUT2D eigenvalue weighted by Crippen LogP contribution is -1.98. The first-order valence-corrected chi connectivity index (χ1v) is 27.5. The van der Waals surface area contributed by atoms with Crippen LogP contribution in [0.4, 0.5) is 0 Å². The minimum Gasteiger partial charge on any atom is -0.309 e. The summed E-state index contributed by atoms with van der Waals surface area (Å²) in [6, 6.07) is 103.